The van der Waals surface area contributed by atoms with Crippen LogP contribution >= 0.6 is 0 Å². The molecule has 1 fully saturated rings. The summed E-state index contributed by atoms with van der Waals surface area (Å²) in [5.41, 5.74) is 0.902. The second-order valence-corrected chi connectivity index (χ2v) is 8.96. The van der Waals surface area contributed by atoms with Gasteiger partial charge in [-0.25, -0.2) is 9.97 Å². The highest BCUT2D eigenvalue weighted by atomic mass is 16.5. The number of nitrogens with one attached hydrogen (secondary N) is 2. The van der Waals surface area contributed by atoms with Crippen molar-refractivity contribution in [1.29, 1.82) is 0 Å². The number of hydrogen-bond donors (Lipinski definition) is 2. The molecule has 2 heterocycles. The van der Waals surface area contributed by atoms with Crippen LogP contribution in [0.25, 0.3) is 0 Å². The van der Waals surface area contributed by atoms with E-state index in [1.54, 1.807) is 29.2 Å². The second kappa shape index (κ2) is 11.5. The van der Waals surface area contributed by atoms with Gasteiger partial charge in [-0.1, -0.05) is 24.8 Å². The van der Waals surface area contributed by atoms with Gasteiger partial charge in [-0.3, -0.25) is 9.59 Å². The Morgan fingerprint density at radius 2 is 1.64 bits per heavy atom. The third-order valence-corrected chi connectivity index (χ3v) is 5.92. The molecule has 4 rings (SSSR count). The largest absolute Gasteiger partial charge is 0.457 e. The molecule has 1 aliphatic rings. The monoisotopic (exact) mass is 485 g/mol. The predicted octanol–water partition coefficient (Wildman–Crippen LogP) is 4.91. The Morgan fingerprint density at radius 3 is 2.28 bits per heavy atom. The zero-order chi connectivity index (χ0) is 25.5. The molecule has 8 nitrogen and oxygen atoms in total. The lowest BCUT2D eigenvalue weighted by Gasteiger charge is -2.32. The van der Waals surface area contributed by atoms with Gasteiger partial charge in [-0.2, -0.15) is 0 Å². The maximum absolute atomic E-state index is 13.7. The summed E-state index contributed by atoms with van der Waals surface area (Å²) in [7, 11) is 0. The van der Waals surface area contributed by atoms with E-state index in [1.165, 1.54) is 12.4 Å². The van der Waals surface area contributed by atoms with Gasteiger partial charge in [0.1, 0.15) is 35.0 Å². The number of amides is 1. The lowest BCUT2D eigenvalue weighted by atomic mass is 10.0. The van der Waals surface area contributed by atoms with E-state index in [0.29, 0.717) is 41.6 Å². The molecule has 3 aromatic rings. The molecule has 0 spiro atoms. The van der Waals surface area contributed by atoms with E-state index in [9.17, 15) is 9.59 Å². The fourth-order valence-corrected chi connectivity index (χ4v) is 4.10. The van der Waals surface area contributed by atoms with Gasteiger partial charge in [0.15, 0.2) is 5.78 Å². The van der Waals surface area contributed by atoms with E-state index in [0.717, 1.165) is 18.6 Å². The smallest absolute Gasteiger partial charge is 0.245 e. The number of piperidine rings is 1. The summed E-state index contributed by atoms with van der Waals surface area (Å²) in [4.78, 5) is 36.2. The minimum Gasteiger partial charge on any atom is -0.457 e. The summed E-state index contributed by atoms with van der Waals surface area (Å²) < 4.78 is 5.86. The van der Waals surface area contributed by atoms with Crippen molar-refractivity contribution in [3.05, 3.63) is 84.7 Å². The number of nitrogens with zero attached hydrogens (tertiary/aromatic N) is 3. The Bertz CT molecular complexity index is 1200. The molecular weight excluding hydrogens is 454 g/mol. The zero-order valence-electron chi connectivity index (χ0n) is 20.6. The molecular formula is C28H31N5O3. The molecule has 186 valence electrons. The lowest BCUT2D eigenvalue weighted by molar-refractivity contribution is -0.126. The standard InChI is InChI=1S/C28H31N5O3/c1-4-24(34)33-16-14-21(15-17-33)32-28-25(27(29-18-30-28)31-19(2)3)26(35)20-10-12-23(13-11-20)36-22-8-6-5-7-9-22/h4-13,18-19,21H,1,14-17H2,2-3H3,(H2,29,30,31,32). The zero-order valence-corrected chi connectivity index (χ0v) is 20.6. The van der Waals surface area contributed by atoms with Gasteiger partial charge >= 0.3 is 0 Å². The van der Waals surface area contributed by atoms with Crippen LogP contribution in [0.15, 0.2) is 73.6 Å². The highest BCUT2D eigenvalue weighted by Gasteiger charge is 2.26. The molecule has 2 N–H and O–H groups in total. The van der Waals surface area contributed by atoms with Crippen molar-refractivity contribution in [2.45, 2.75) is 38.8 Å². The van der Waals surface area contributed by atoms with E-state index >= 15 is 0 Å². The first kappa shape index (κ1) is 24.9. The van der Waals surface area contributed by atoms with Gasteiger partial charge in [0.05, 0.1) is 0 Å². The summed E-state index contributed by atoms with van der Waals surface area (Å²) in [6.45, 7) is 8.79. The number of likely N-dealkylation sites (tertiary alicyclic amines) is 1. The quantitative estimate of drug-likeness (QED) is 0.328. The molecule has 1 saturated heterocycles. The van der Waals surface area contributed by atoms with Gasteiger partial charge in [0.25, 0.3) is 0 Å². The van der Waals surface area contributed by atoms with Crippen LogP contribution < -0.4 is 15.4 Å². The van der Waals surface area contributed by atoms with Crippen LogP contribution in [0.1, 0.15) is 42.6 Å². The number of carbonyl (C=O) groups is 2. The fourth-order valence-electron chi connectivity index (χ4n) is 4.10. The molecule has 2 aromatic carbocycles. The lowest BCUT2D eigenvalue weighted by Crippen LogP contribution is -2.42. The fraction of sp³-hybridized carbons (Fsp3) is 0.286. The average molecular weight is 486 g/mol. The molecule has 1 amide bonds. The van der Waals surface area contributed by atoms with E-state index < -0.39 is 0 Å². The first-order valence-electron chi connectivity index (χ1n) is 12.1. The number of benzene rings is 2. The van der Waals surface area contributed by atoms with E-state index in [2.05, 4.69) is 27.2 Å². The molecule has 0 unspecified atom stereocenters. The topological polar surface area (TPSA) is 96.5 Å². The second-order valence-electron chi connectivity index (χ2n) is 8.96. The number of ketones is 1. The normalized spacial score (nSPS) is 13.8. The first-order valence-corrected chi connectivity index (χ1v) is 12.1. The molecule has 0 atom stereocenters. The van der Waals surface area contributed by atoms with Crippen molar-refractivity contribution in [3.8, 4) is 11.5 Å². The molecule has 0 radical (unpaired) electrons. The Balaban J connectivity index is 1.55. The van der Waals surface area contributed by atoms with E-state index in [1.807, 2.05) is 44.2 Å². The number of ether oxygens (including phenoxy) is 1. The SMILES string of the molecule is C=CC(=O)N1CCC(Nc2ncnc(NC(C)C)c2C(=O)c2ccc(Oc3ccccc3)cc2)CC1. The number of para-hydroxylation sites is 1. The summed E-state index contributed by atoms with van der Waals surface area (Å²) in [6.07, 6.45) is 4.29. The molecule has 0 bridgehead atoms. The minimum absolute atomic E-state index is 0.0607. The van der Waals surface area contributed by atoms with Crippen molar-refractivity contribution in [3.63, 3.8) is 0 Å². The van der Waals surface area contributed by atoms with Crippen molar-refractivity contribution >= 4 is 23.3 Å². The number of carbonyl (C=O) groups excluding carboxylic acids is 2. The van der Waals surface area contributed by atoms with Gasteiger partial charge in [0.2, 0.25) is 5.91 Å². The van der Waals surface area contributed by atoms with Crippen molar-refractivity contribution in [2.24, 2.45) is 0 Å². The minimum atomic E-state index is -0.188. The van der Waals surface area contributed by atoms with Crippen LogP contribution in [0.5, 0.6) is 11.5 Å². The van der Waals surface area contributed by atoms with Crippen molar-refractivity contribution < 1.29 is 14.3 Å². The van der Waals surface area contributed by atoms with E-state index in [-0.39, 0.29) is 23.8 Å². The summed E-state index contributed by atoms with van der Waals surface area (Å²) in [5.74, 6) is 2.08. The van der Waals surface area contributed by atoms with Crippen LogP contribution in [0.2, 0.25) is 0 Å². The van der Waals surface area contributed by atoms with E-state index in [4.69, 9.17) is 4.74 Å². The Labute approximate surface area is 211 Å². The summed E-state index contributed by atoms with van der Waals surface area (Å²) in [6, 6.07) is 16.7. The molecule has 36 heavy (non-hydrogen) atoms. The number of hydrogen-bond acceptors (Lipinski definition) is 7. The third-order valence-electron chi connectivity index (χ3n) is 5.92. The summed E-state index contributed by atoms with van der Waals surface area (Å²) in [5, 5.41) is 6.71. The first-order chi connectivity index (χ1) is 17.4. The summed E-state index contributed by atoms with van der Waals surface area (Å²) >= 11 is 0. The molecule has 1 aromatic heterocycles. The van der Waals surface area contributed by atoms with Crippen LogP contribution in [0, 0.1) is 0 Å². The predicted molar refractivity (Wildman–Crippen MR) is 141 cm³/mol. The highest BCUT2D eigenvalue weighted by Crippen LogP contribution is 2.28. The van der Waals surface area contributed by atoms with Crippen LogP contribution in [0.3, 0.4) is 0 Å². The number of rotatable bonds is 9. The maximum atomic E-state index is 13.7. The maximum Gasteiger partial charge on any atom is 0.245 e. The Kier molecular flexibility index (Phi) is 7.95. The van der Waals surface area contributed by atoms with Crippen LogP contribution in [-0.2, 0) is 4.79 Å². The Hall–Kier alpha value is -4.20. The van der Waals surface area contributed by atoms with Crippen molar-refractivity contribution in [2.75, 3.05) is 23.7 Å². The van der Waals surface area contributed by atoms with Crippen LogP contribution in [0.4, 0.5) is 11.6 Å². The van der Waals surface area contributed by atoms with Gasteiger partial charge in [-0.05, 0) is 69.2 Å². The van der Waals surface area contributed by atoms with Crippen LogP contribution in [-0.4, -0.2) is 51.7 Å². The van der Waals surface area contributed by atoms with Gasteiger partial charge < -0.3 is 20.3 Å². The third kappa shape index (κ3) is 6.07. The molecule has 0 aliphatic carbocycles. The highest BCUT2D eigenvalue weighted by molar-refractivity contribution is 6.14. The van der Waals surface area contributed by atoms with Gasteiger partial charge in [-0.15, -0.1) is 0 Å². The van der Waals surface area contributed by atoms with Crippen molar-refractivity contribution in [1.82, 2.24) is 14.9 Å². The molecule has 1 aliphatic heterocycles. The Morgan fingerprint density at radius 1 is 1.00 bits per heavy atom. The molecule has 0 saturated carbocycles. The number of aromatic nitrogens is 2. The average Bonchev–Trinajstić information content (AvgIpc) is 2.89. The van der Waals surface area contributed by atoms with Gasteiger partial charge in [0, 0.05) is 30.7 Å². The number of anilines is 2. The molecule has 8 heteroatoms.